The van der Waals surface area contributed by atoms with Crippen molar-refractivity contribution in [3.8, 4) is 22.1 Å². The van der Waals surface area contributed by atoms with Gasteiger partial charge in [0.05, 0.1) is 40.9 Å². The summed E-state index contributed by atoms with van der Waals surface area (Å²) < 4.78 is 12.6. The third-order valence-corrected chi connectivity index (χ3v) is 6.51. The van der Waals surface area contributed by atoms with Gasteiger partial charge in [-0.15, -0.1) is 11.3 Å². The predicted molar refractivity (Wildman–Crippen MR) is 120 cm³/mol. The van der Waals surface area contributed by atoms with Crippen molar-refractivity contribution in [2.45, 2.75) is 27.2 Å². The number of amides is 1. The van der Waals surface area contributed by atoms with Gasteiger partial charge in [-0.25, -0.2) is 9.67 Å². The zero-order valence-electron chi connectivity index (χ0n) is 17.5. The molecule has 4 rings (SSSR count). The molecule has 2 aromatic heterocycles. The molecule has 0 radical (unpaired) electrons. The number of hydrogen-bond acceptors (Lipinski definition) is 7. The number of ether oxygens (including phenoxy) is 2. The molecule has 0 aliphatic carbocycles. The van der Waals surface area contributed by atoms with E-state index in [2.05, 4.69) is 15.4 Å². The van der Waals surface area contributed by atoms with E-state index < -0.39 is 0 Å². The summed E-state index contributed by atoms with van der Waals surface area (Å²) in [6, 6.07) is 3.29. The summed E-state index contributed by atoms with van der Waals surface area (Å²) >= 11 is 7.51. The Morgan fingerprint density at radius 1 is 1.16 bits per heavy atom. The Hall–Kier alpha value is -2.91. The molecule has 162 valence electrons. The van der Waals surface area contributed by atoms with Gasteiger partial charge in [-0.3, -0.25) is 9.59 Å². The molecule has 0 saturated carbocycles. The molecule has 31 heavy (non-hydrogen) atoms. The largest absolute Gasteiger partial charge is 0.490 e. The average Bonchev–Trinajstić information content (AvgIpc) is 2.95. The Balaban J connectivity index is 1.67. The van der Waals surface area contributed by atoms with Crippen molar-refractivity contribution in [2.75, 3.05) is 18.5 Å². The minimum absolute atomic E-state index is 0.255. The Morgan fingerprint density at radius 2 is 1.84 bits per heavy atom. The molecule has 1 aliphatic rings. The molecule has 0 unspecified atom stereocenters. The summed E-state index contributed by atoms with van der Waals surface area (Å²) in [5, 5.41) is 7.84. The van der Waals surface area contributed by atoms with Gasteiger partial charge < -0.3 is 14.8 Å². The molecule has 0 bridgehead atoms. The zero-order valence-corrected chi connectivity index (χ0v) is 19.1. The minimum Gasteiger partial charge on any atom is -0.490 e. The highest BCUT2D eigenvalue weighted by atomic mass is 35.5. The number of thiazole rings is 1. The molecule has 0 atom stereocenters. The molecular formula is C21H21ClN4O4S. The van der Waals surface area contributed by atoms with E-state index in [0.717, 1.165) is 29.0 Å². The summed E-state index contributed by atoms with van der Waals surface area (Å²) in [5.41, 5.74) is 2.62. The first kappa shape index (κ1) is 21.3. The van der Waals surface area contributed by atoms with Crippen LogP contribution in [0, 0.1) is 20.8 Å². The second-order valence-corrected chi connectivity index (χ2v) is 8.64. The van der Waals surface area contributed by atoms with Gasteiger partial charge in [0.1, 0.15) is 9.88 Å². The standard InChI is InChI=1S/C21H21ClN4O4S/c1-10-11(2)25-26(4)21(28)17(10)20-23-12(3)18(31-20)19(27)24-14-9-16-15(8-13(14)22)29-6-5-7-30-16/h8-9H,5-7H2,1-4H3,(H,24,27). The third-order valence-electron chi connectivity index (χ3n) is 5.03. The highest BCUT2D eigenvalue weighted by molar-refractivity contribution is 7.17. The van der Waals surface area contributed by atoms with Gasteiger partial charge in [0, 0.05) is 25.6 Å². The van der Waals surface area contributed by atoms with E-state index in [1.807, 2.05) is 13.8 Å². The number of aromatic nitrogens is 3. The quantitative estimate of drug-likeness (QED) is 0.637. The van der Waals surface area contributed by atoms with Gasteiger partial charge in [0.15, 0.2) is 11.5 Å². The molecule has 10 heteroatoms. The fourth-order valence-corrected chi connectivity index (χ4v) is 4.53. The number of carbonyl (C=O) groups is 1. The average molecular weight is 461 g/mol. The molecule has 3 aromatic rings. The lowest BCUT2D eigenvalue weighted by Gasteiger charge is -2.12. The molecule has 0 spiro atoms. The fourth-order valence-electron chi connectivity index (χ4n) is 3.27. The van der Waals surface area contributed by atoms with E-state index in [0.29, 0.717) is 56.6 Å². The first-order valence-corrected chi connectivity index (χ1v) is 10.9. The summed E-state index contributed by atoms with van der Waals surface area (Å²) in [4.78, 5) is 30.5. The van der Waals surface area contributed by atoms with E-state index in [4.69, 9.17) is 21.1 Å². The fraction of sp³-hybridized carbons (Fsp3) is 0.333. The van der Waals surface area contributed by atoms with Gasteiger partial charge in [-0.2, -0.15) is 5.10 Å². The monoisotopic (exact) mass is 460 g/mol. The summed E-state index contributed by atoms with van der Waals surface area (Å²) in [6.45, 7) is 6.47. The van der Waals surface area contributed by atoms with E-state index >= 15 is 0 Å². The van der Waals surface area contributed by atoms with Crippen LogP contribution >= 0.6 is 22.9 Å². The molecule has 1 aliphatic heterocycles. The normalized spacial score (nSPS) is 13.1. The molecule has 0 saturated heterocycles. The van der Waals surface area contributed by atoms with Gasteiger partial charge >= 0.3 is 0 Å². The number of carbonyl (C=O) groups excluding carboxylic acids is 1. The number of anilines is 1. The van der Waals surface area contributed by atoms with Crippen molar-refractivity contribution in [3.05, 3.63) is 49.3 Å². The Morgan fingerprint density at radius 3 is 2.55 bits per heavy atom. The molecule has 1 N–H and O–H groups in total. The van der Waals surface area contributed by atoms with Crippen LogP contribution in [-0.2, 0) is 7.05 Å². The Bertz CT molecular complexity index is 1250. The predicted octanol–water partition coefficient (Wildman–Crippen LogP) is 3.90. The van der Waals surface area contributed by atoms with Crippen LogP contribution in [0.1, 0.15) is 33.0 Å². The number of halogens is 1. The highest BCUT2D eigenvalue weighted by Gasteiger charge is 2.22. The molecule has 1 amide bonds. The summed E-state index contributed by atoms with van der Waals surface area (Å²) in [6.07, 6.45) is 0.768. The van der Waals surface area contributed by atoms with E-state index in [9.17, 15) is 9.59 Å². The molecule has 0 fully saturated rings. The van der Waals surface area contributed by atoms with Gasteiger partial charge in [0.2, 0.25) is 0 Å². The molecule has 8 nitrogen and oxygen atoms in total. The van der Waals surface area contributed by atoms with E-state index in [1.165, 1.54) is 4.68 Å². The Kier molecular flexibility index (Phi) is 5.72. The number of fused-ring (bicyclic) bond motifs is 1. The van der Waals surface area contributed by atoms with Crippen LogP contribution in [0.4, 0.5) is 5.69 Å². The first-order valence-electron chi connectivity index (χ1n) is 9.69. The van der Waals surface area contributed by atoms with E-state index in [1.54, 1.807) is 26.1 Å². The smallest absolute Gasteiger partial charge is 0.277 e. The lowest BCUT2D eigenvalue weighted by atomic mass is 10.1. The topological polar surface area (TPSA) is 95.3 Å². The second-order valence-electron chi connectivity index (χ2n) is 7.23. The molecule has 3 heterocycles. The number of rotatable bonds is 3. The number of aryl methyl sites for hydroxylation is 3. The third kappa shape index (κ3) is 4.03. The number of nitrogens with one attached hydrogen (secondary N) is 1. The van der Waals surface area contributed by atoms with Crippen molar-refractivity contribution >= 4 is 34.5 Å². The van der Waals surface area contributed by atoms with Crippen LogP contribution in [0.15, 0.2) is 16.9 Å². The maximum Gasteiger partial charge on any atom is 0.277 e. The van der Waals surface area contributed by atoms with Gasteiger partial charge in [-0.05, 0) is 26.3 Å². The van der Waals surface area contributed by atoms with Crippen LogP contribution in [0.25, 0.3) is 10.6 Å². The summed E-state index contributed by atoms with van der Waals surface area (Å²) in [7, 11) is 1.60. The van der Waals surface area contributed by atoms with Crippen LogP contribution in [0.3, 0.4) is 0 Å². The van der Waals surface area contributed by atoms with Crippen LogP contribution in [-0.4, -0.2) is 33.9 Å². The maximum atomic E-state index is 13.0. The van der Waals surface area contributed by atoms with Crippen LogP contribution in [0.2, 0.25) is 5.02 Å². The van der Waals surface area contributed by atoms with Gasteiger partial charge in [0.25, 0.3) is 11.5 Å². The van der Waals surface area contributed by atoms with Crippen molar-refractivity contribution < 1.29 is 14.3 Å². The van der Waals surface area contributed by atoms with Crippen LogP contribution in [0.5, 0.6) is 11.5 Å². The minimum atomic E-state index is -0.363. The van der Waals surface area contributed by atoms with Crippen molar-refractivity contribution in [1.82, 2.24) is 14.8 Å². The molecular weight excluding hydrogens is 440 g/mol. The number of hydrogen-bond donors (Lipinski definition) is 1. The van der Waals surface area contributed by atoms with Crippen molar-refractivity contribution in [1.29, 1.82) is 0 Å². The second kappa shape index (κ2) is 8.32. The highest BCUT2D eigenvalue weighted by Crippen LogP contribution is 2.38. The van der Waals surface area contributed by atoms with E-state index in [-0.39, 0.29) is 11.5 Å². The maximum absolute atomic E-state index is 13.0. The zero-order chi connectivity index (χ0) is 22.3. The first-order chi connectivity index (χ1) is 14.8. The molecule has 1 aromatic carbocycles. The lowest BCUT2D eigenvalue weighted by Crippen LogP contribution is -2.23. The SMILES string of the molecule is Cc1nc(-c2c(C)c(C)nn(C)c2=O)sc1C(=O)Nc1cc2c(cc1Cl)OCCCO2. The van der Waals surface area contributed by atoms with Crippen LogP contribution < -0.4 is 20.3 Å². The van der Waals surface area contributed by atoms with Gasteiger partial charge in [-0.1, -0.05) is 11.6 Å². The number of nitrogens with zero attached hydrogens (tertiary/aromatic N) is 3. The number of benzene rings is 1. The lowest BCUT2D eigenvalue weighted by molar-refractivity contribution is 0.103. The van der Waals surface area contributed by atoms with Crippen molar-refractivity contribution in [3.63, 3.8) is 0 Å². The summed E-state index contributed by atoms with van der Waals surface area (Å²) in [5.74, 6) is 0.722. The Labute approximate surface area is 187 Å². The van der Waals surface area contributed by atoms with Crippen molar-refractivity contribution in [2.24, 2.45) is 7.05 Å².